The van der Waals surface area contributed by atoms with E-state index in [1.165, 1.54) is 4.80 Å². The lowest BCUT2D eigenvalue weighted by molar-refractivity contribution is 0.173. The molecule has 2 rings (SSSR count). The Morgan fingerprint density at radius 1 is 1.28 bits per heavy atom. The molecule has 0 radical (unpaired) electrons. The van der Waals surface area contributed by atoms with E-state index in [9.17, 15) is 5.11 Å². The molecule has 1 heterocycles. The van der Waals surface area contributed by atoms with Crippen LogP contribution in [0.4, 0.5) is 0 Å². The molecule has 18 heavy (non-hydrogen) atoms. The van der Waals surface area contributed by atoms with Crippen molar-refractivity contribution in [2.75, 3.05) is 0 Å². The number of aliphatic hydroxyl groups is 1. The second kappa shape index (κ2) is 5.65. The molecule has 1 unspecified atom stereocenters. The maximum Gasteiger partial charge on any atom is 0.177 e. The molecule has 5 nitrogen and oxygen atoms in total. The van der Waals surface area contributed by atoms with E-state index >= 15 is 0 Å². The molecule has 1 atom stereocenters. The molecule has 0 saturated carbocycles. The van der Waals surface area contributed by atoms with Crippen molar-refractivity contribution in [2.45, 2.75) is 18.9 Å². The highest BCUT2D eigenvalue weighted by Gasteiger charge is 2.11. The zero-order valence-electron chi connectivity index (χ0n) is 9.72. The van der Waals surface area contributed by atoms with Crippen LogP contribution in [0.2, 0.25) is 10.0 Å². The maximum absolute atomic E-state index is 9.93. The normalized spacial score (nSPS) is 12.7. The Hall–Kier alpha value is -1.17. The number of aromatic nitrogens is 4. The minimum absolute atomic E-state index is 0.355. The van der Waals surface area contributed by atoms with Crippen molar-refractivity contribution in [1.29, 1.82) is 0 Å². The van der Waals surface area contributed by atoms with Crippen molar-refractivity contribution < 1.29 is 5.11 Å². The Morgan fingerprint density at radius 2 is 2.06 bits per heavy atom. The van der Waals surface area contributed by atoms with E-state index in [-0.39, 0.29) is 0 Å². The van der Waals surface area contributed by atoms with Crippen molar-refractivity contribution in [1.82, 2.24) is 20.2 Å². The second-order valence-corrected chi connectivity index (χ2v) is 4.82. The molecule has 1 aromatic heterocycles. The van der Waals surface area contributed by atoms with Crippen LogP contribution in [0.15, 0.2) is 18.2 Å². The quantitative estimate of drug-likeness (QED) is 0.929. The number of nitrogens with zero attached hydrogens (tertiary/aromatic N) is 4. The zero-order valence-corrected chi connectivity index (χ0v) is 11.2. The van der Waals surface area contributed by atoms with E-state index in [1.54, 1.807) is 19.2 Å². The number of hydrogen-bond acceptors (Lipinski definition) is 4. The minimum atomic E-state index is -0.577. The third kappa shape index (κ3) is 3.41. The summed E-state index contributed by atoms with van der Waals surface area (Å²) < 4.78 is 0. The van der Waals surface area contributed by atoms with Crippen molar-refractivity contribution in [3.8, 4) is 0 Å². The van der Waals surface area contributed by atoms with Crippen molar-refractivity contribution in [3.63, 3.8) is 0 Å². The molecular formula is C11H12Cl2N4O. The summed E-state index contributed by atoms with van der Waals surface area (Å²) in [7, 11) is 1.68. The van der Waals surface area contributed by atoms with Crippen molar-refractivity contribution in [2.24, 2.45) is 7.05 Å². The lowest BCUT2D eigenvalue weighted by Gasteiger charge is -2.08. The molecule has 2 aromatic rings. The van der Waals surface area contributed by atoms with E-state index in [0.717, 1.165) is 5.56 Å². The van der Waals surface area contributed by atoms with Gasteiger partial charge in [-0.15, -0.1) is 10.2 Å². The minimum Gasteiger partial charge on any atom is -0.392 e. The van der Waals surface area contributed by atoms with Gasteiger partial charge in [-0.2, -0.15) is 4.80 Å². The van der Waals surface area contributed by atoms with E-state index in [4.69, 9.17) is 23.2 Å². The van der Waals surface area contributed by atoms with Crippen LogP contribution in [0.25, 0.3) is 0 Å². The van der Waals surface area contributed by atoms with Crippen LogP contribution in [0.3, 0.4) is 0 Å². The molecule has 1 aromatic carbocycles. The number of benzene rings is 1. The Morgan fingerprint density at radius 3 is 2.67 bits per heavy atom. The van der Waals surface area contributed by atoms with Gasteiger partial charge in [-0.3, -0.25) is 0 Å². The predicted octanol–water partition coefficient (Wildman–Crippen LogP) is 1.66. The second-order valence-electron chi connectivity index (χ2n) is 4.01. The number of tetrazole rings is 1. The van der Waals surface area contributed by atoms with Crippen LogP contribution >= 0.6 is 23.2 Å². The number of aliphatic hydroxyl groups excluding tert-OH is 1. The molecule has 7 heteroatoms. The fraction of sp³-hybridized carbons (Fsp3) is 0.364. The lowest BCUT2D eigenvalue weighted by atomic mass is 10.1. The summed E-state index contributed by atoms with van der Waals surface area (Å²) in [4.78, 5) is 1.36. The highest BCUT2D eigenvalue weighted by atomic mass is 35.5. The van der Waals surface area contributed by atoms with Crippen LogP contribution in [0.1, 0.15) is 11.4 Å². The van der Waals surface area contributed by atoms with Crippen LogP contribution < -0.4 is 0 Å². The number of hydrogen-bond donors (Lipinski definition) is 1. The van der Waals surface area contributed by atoms with Crippen LogP contribution in [0, 0.1) is 0 Å². The summed E-state index contributed by atoms with van der Waals surface area (Å²) in [5.74, 6) is 0.519. The third-order valence-corrected chi connectivity index (χ3v) is 3.16. The molecule has 0 aliphatic rings. The average Bonchev–Trinajstić information content (AvgIpc) is 2.69. The van der Waals surface area contributed by atoms with Gasteiger partial charge < -0.3 is 5.11 Å². The molecule has 0 saturated heterocycles. The van der Waals surface area contributed by atoms with E-state index in [0.29, 0.717) is 28.7 Å². The van der Waals surface area contributed by atoms with Gasteiger partial charge in [-0.1, -0.05) is 29.3 Å². The third-order valence-electron chi connectivity index (χ3n) is 2.42. The monoisotopic (exact) mass is 286 g/mol. The molecule has 1 N–H and O–H groups in total. The van der Waals surface area contributed by atoms with Crippen molar-refractivity contribution in [3.05, 3.63) is 39.6 Å². The highest BCUT2D eigenvalue weighted by molar-refractivity contribution is 6.42. The van der Waals surface area contributed by atoms with E-state index < -0.39 is 6.10 Å². The molecule has 0 aliphatic carbocycles. The Balaban J connectivity index is 1.98. The molecule has 0 amide bonds. The van der Waals surface area contributed by atoms with Crippen molar-refractivity contribution >= 4 is 23.2 Å². The molecule has 0 spiro atoms. The molecular weight excluding hydrogens is 275 g/mol. The molecule has 0 fully saturated rings. The smallest absolute Gasteiger partial charge is 0.177 e. The van der Waals surface area contributed by atoms with Crippen LogP contribution in [-0.4, -0.2) is 31.4 Å². The van der Waals surface area contributed by atoms with Gasteiger partial charge in [-0.05, 0) is 29.3 Å². The van der Waals surface area contributed by atoms with Gasteiger partial charge in [0.05, 0.1) is 23.2 Å². The maximum atomic E-state index is 9.93. The predicted molar refractivity (Wildman–Crippen MR) is 68.7 cm³/mol. The molecule has 96 valence electrons. The number of halogens is 2. The average molecular weight is 287 g/mol. The fourth-order valence-electron chi connectivity index (χ4n) is 1.63. The van der Waals surface area contributed by atoms with Gasteiger partial charge in [0.15, 0.2) is 5.82 Å². The van der Waals surface area contributed by atoms with Gasteiger partial charge in [0.1, 0.15) is 0 Å². The first-order valence-corrected chi connectivity index (χ1v) is 6.15. The molecule has 0 bridgehead atoms. The fourth-order valence-corrected chi connectivity index (χ4v) is 1.95. The Labute approximate surface area is 114 Å². The summed E-state index contributed by atoms with van der Waals surface area (Å²) >= 11 is 11.7. The number of rotatable bonds is 4. The largest absolute Gasteiger partial charge is 0.392 e. The Bertz CT molecular complexity index is 544. The summed E-state index contributed by atoms with van der Waals surface area (Å²) in [6.07, 6.45) is 0.245. The number of aryl methyl sites for hydroxylation is 1. The van der Waals surface area contributed by atoms with Gasteiger partial charge in [0, 0.05) is 6.42 Å². The lowest BCUT2D eigenvalue weighted by Crippen LogP contribution is -2.15. The standard InChI is InChI=1S/C11H12Cl2N4O/c1-17-15-11(14-16-17)6-8(18)4-7-2-3-9(12)10(13)5-7/h2-3,5,8,18H,4,6H2,1H3. The van der Waals surface area contributed by atoms with Gasteiger partial charge in [-0.25, -0.2) is 0 Å². The zero-order chi connectivity index (χ0) is 13.1. The van der Waals surface area contributed by atoms with E-state index in [2.05, 4.69) is 15.4 Å². The first kappa shape index (κ1) is 13.3. The van der Waals surface area contributed by atoms with Gasteiger partial charge in [0.25, 0.3) is 0 Å². The summed E-state index contributed by atoms with van der Waals surface area (Å²) in [5.41, 5.74) is 0.917. The first-order valence-electron chi connectivity index (χ1n) is 5.39. The van der Waals surface area contributed by atoms with Crippen LogP contribution in [-0.2, 0) is 19.9 Å². The van der Waals surface area contributed by atoms with Gasteiger partial charge in [0.2, 0.25) is 0 Å². The Kier molecular flexibility index (Phi) is 4.16. The highest BCUT2D eigenvalue weighted by Crippen LogP contribution is 2.23. The first-order chi connectivity index (χ1) is 8.54. The summed E-state index contributed by atoms with van der Waals surface area (Å²) in [6.45, 7) is 0. The summed E-state index contributed by atoms with van der Waals surface area (Å²) in [6, 6.07) is 5.30. The van der Waals surface area contributed by atoms with Crippen LogP contribution in [0.5, 0.6) is 0 Å². The van der Waals surface area contributed by atoms with Gasteiger partial charge >= 0.3 is 0 Å². The van der Waals surface area contributed by atoms with E-state index in [1.807, 2.05) is 6.07 Å². The topological polar surface area (TPSA) is 63.8 Å². The SMILES string of the molecule is Cn1nnc(CC(O)Cc2ccc(Cl)c(Cl)c2)n1. The summed E-state index contributed by atoms with van der Waals surface area (Å²) in [5, 5.41) is 22.5. The molecule has 0 aliphatic heterocycles.